The monoisotopic (exact) mass is 314 g/mol. The van der Waals surface area contributed by atoms with Crippen LogP contribution in [-0.4, -0.2) is 42.0 Å². The van der Waals surface area contributed by atoms with Crippen molar-refractivity contribution in [2.24, 2.45) is 11.8 Å². The molecule has 1 aromatic carbocycles. The van der Waals surface area contributed by atoms with Crippen LogP contribution < -0.4 is 0 Å². The van der Waals surface area contributed by atoms with Gasteiger partial charge in [-0.1, -0.05) is 29.8 Å². The molecule has 0 saturated carbocycles. The number of likely N-dealkylation sites (tertiary alicyclic amines) is 2. The van der Waals surface area contributed by atoms with Gasteiger partial charge in [-0.25, -0.2) is 0 Å². The summed E-state index contributed by atoms with van der Waals surface area (Å²) in [4.78, 5) is 5.31. The average Bonchev–Trinajstić information content (AvgIpc) is 2.58. The van der Waals surface area contributed by atoms with Crippen molar-refractivity contribution in [3.63, 3.8) is 0 Å². The summed E-state index contributed by atoms with van der Waals surface area (Å²) in [7, 11) is 0. The highest BCUT2D eigenvalue weighted by atomic mass is 15.2. The molecule has 0 aliphatic carbocycles. The van der Waals surface area contributed by atoms with Crippen LogP contribution in [0.5, 0.6) is 0 Å². The van der Waals surface area contributed by atoms with Crippen LogP contribution in [0.4, 0.5) is 0 Å². The molecule has 2 fully saturated rings. The minimum absolute atomic E-state index is 0.729. The molecule has 2 aliphatic rings. The van der Waals surface area contributed by atoms with Crippen LogP contribution >= 0.6 is 0 Å². The van der Waals surface area contributed by atoms with E-state index in [4.69, 9.17) is 0 Å². The number of rotatable bonds is 4. The topological polar surface area (TPSA) is 6.48 Å². The highest BCUT2D eigenvalue weighted by molar-refractivity contribution is 5.21. The van der Waals surface area contributed by atoms with E-state index in [-0.39, 0.29) is 0 Å². The fourth-order valence-electron chi connectivity index (χ4n) is 4.44. The Bertz CT molecular complexity index is 463. The predicted octanol–water partition coefficient (Wildman–Crippen LogP) is 4.33. The van der Waals surface area contributed by atoms with Crippen molar-refractivity contribution >= 4 is 0 Å². The fraction of sp³-hybridized carbons (Fsp3) is 0.714. The van der Waals surface area contributed by atoms with Gasteiger partial charge in [0.25, 0.3) is 0 Å². The van der Waals surface area contributed by atoms with E-state index >= 15 is 0 Å². The number of hydrogen-bond donors (Lipinski definition) is 0. The molecule has 2 heteroatoms. The molecule has 2 aliphatic heterocycles. The molecule has 2 saturated heterocycles. The molecule has 0 aromatic heterocycles. The molecule has 0 amide bonds. The Kier molecular flexibility index (Phi) is 5.76. The third kappa shape index (κ3) is 4.58. The Hall–Kier alpha value is -0.860. The van der Waals surface area contributed by atoms with Gasteiger partial charge in [-0.05, 0) is 90.0 Å². The second-order valence-electron chi connectivity index (χ2n) is 8.07. The average molecular weight is 315 g/mol. The summed E-state index contributed by atoms with van der Waals surface area (Å²) >= 11 is 0. The highest BCUT2D eigenvalue weighted by Crippen LogP contribution is 2.33. The Balaban J connectivity index is 1.43. The lowest BCUT2D eigenvalue weighted by Crippen LogP contribution is -2.42. The van der Waals surface area contributed by atoms with Gasteiger partial charge < -0.3 is 4.90 Å². The Labute approximate surface area is 142 Å². The van der Waals surface area contributed by atoms with E-state index in [1.807, 2.05) is 0 Å². The van der Waals surface area contributed by atoms with Crippen molar-refractivity contribution in [2.75, 3.05) is 26.2 Å². The lowest BCUT2D eigenvalue weighted by atomic mass is 9.78. The first-order chi connectivity index (χ1) is 11.1. The van der Waals surface area contributed by atoms with E-state index in [9.17, 15) is 0 Å². The van der Waals surface area contributed by atoms with Gasteiger partial charge in [-0.15, -0.1) is 0 Å². The van der Waals surface area contributed by atoms with Crippen LogP contribution in [0.1, 0.15) is 50.7 Å². The molecule has 1 aromatic rings. The third-order valence-electron chi connectivity index (χ3n) is 6.13. The zero-order valence-electron chi connectivity index (χ0n) is 15.3. The van der Waals surface area contributed by atoms with Crippen molar-refractivity contribution in [1.29, 1.82) is 0 Å². The normalized spacial score (nSPS) is 22.8. The first kappa shape index (κ1) is 17.0. The summed E-state index contributed by atoms with van der Waals surface area (Å²) in [6, 6.07) is 9.80. The summed E-state index contributed by atoms with van der Waals surface area (Å²) in [5, 5.41) is 0. The van der Waals surface area contributed by atoms with Crippen molar-refractivity contribution < 1.29 is 0 Å². The summed E-state index contributed by atoms with van der Waals surface area (Å²) in [6.45, 7) is 13.2. The van der Waals surface area contributed by atoms with E-state index in [2.05, 4.69) is 54.8 Å². The van der Waals surface area contributed by atoms with Crippen LogP contribution in [-0.2, 0) is 6.54 Å². The largest absolute Gasteiger partial charge is 0.301 e. The van der Waals surface area contributed by atoms with Crippen molar-refractivity contribution in [1.82, 2.24) is 9.80 Å². The standard InChI is InChI=1S/C21H34N2/c1-17(2)23-14-10-21(11-15-23)20-8-12-22(13-9-20)16-19-6-4-18(3)5-7-19/h4-7,17,20-21H,8-16H2,1-3H3. The van der Waals surface area contributed by atoms with E-state index in [0.29, 0.717) is 0 Å². The van der Waals surface area contributed by atoms with Crippen LogP contribution in [0, 0.1) is 18.8 Å². The molecule has 0 radical (unpaired) electrons. The Morgan fingerprint density at radius 1 is 0.870 bits per heavy atom. The van der Waals surface area contributed by atoms with E-state index in [1.165, 1.54) is 63.0 Å². The van der Waals surface area contributed by atoms with Gasteiger partial charge in [0, 0.05) is 12.6 Å². The molecular weight excluding hydrogens is 280 g/mol. The number of nitrogens with zero attached hydrogens (tertiary/aromatic N) is 2. The molecule has 0 atom stereocenters. The molecule has 2 heterocycles. The quantitative estimate of drug-likeness (QED) is 0.816. The second-order valence-corrected chi connectivity index (χ2v) is 8.07. The maximum atomic E-state index is 2.66. The van der Waals surface area contributed by atoms with Crippen molar-refractivity contribution in [2.45, 2.75) is 59.0 Å². The molecule has 0 spiro atoms. The van der Waals surface area contributed by atoms with E-state index in [1.54, 1.807) is 0 Å². The number of piperidine rings is 2. The van der Waals surface area contributed by atoms with Crippen LogP contribution in [0.25, 0.3) is 0 Å². The highest BCUT2D eigenvalue weighted by Gasteiger charge is 2.29. The van der Waals surface area contributed by atoms with Gasteiger partial charge >= 0.3 is 0 Å². The summed E-state index contributed by atoms with van der Waals surface area (Å²) < 4.78 is 0. The number of aryl methyl sites for hydroxylation is 1. The molecule has 0 unspecified atom stereocenters. The first-order valence-corrected chi connectivity index (χ1v) is 9.64. The summed E-state index contributed by atoms with van der Waals surface area (Å²) in [6.07, 6.45) is 5.69. The van der Waals surface area contributed by atoms with E-state index in [0.717, 1.165) is 24.4 Å². The fourth-order valence-corrected chi connectivity index (χ4v) is 4.44. The van der Waals surface area contributed by atoms with Gasteiger partial charge in [0.1, 0.15) is 0 Å². The maximum Gasteiger partial charge on any atom is 0.0233 e. The predicted molar refractivity (Wildman–Crippen MR) is 98.6 cm³/mol. The van der Waals surface area contributed by atoms with Crippen LogP contribution in [0.2, 0.25) is 0 Å². The smallest absolute Gasteiger partial charge is 0.0233 e. The van der Waals surface area contributed by atoms with Crippen molar-refractivity contribution in [3.05, 3.63) is 35.4 Å². The second kappa shape index (κ2) is 7.81. The SMILES string of the molecule is Cc1ccc(CN2CCC(C3CCN(C(C)C)CC3)CC2)cc1. The maximum absolute atomic E-state index is 2.66. The molecule has 23 heavy (non-hydrogen) atoms. The van der Waals surface area contributed by atoms with Gasteiger partial charge in [0.05, 0.1) is 0 Å². The minimum atomic E-state index is 0.729. The van der Waals surface area contributed by atoms with Gasteiger partial charge in [0.15, 0.2) is 0 Å². The zero-order valence-corrected chi connectivity index (χ0v) is 15.3. The van der Waals surface area contributed by atoms with E-state index < -0.39 is 0 Å². The lowest BCUT2D eigenvalue weighted by Gasteiger charge is -2.41. The minimum Gasteiger partial charge on any atom is -0.301 e. The van der Waals surface area contributed by atoms with Gasteiger partial charge in [0.2, 0.25) is 0 Å². The van der Waals surface area contributed by atoms with Crippen LogP contribution in [0.3, 0.4) is 0 Å². The first-order valence-electron chi connectivity index (χ1n) is 9.64. The van der Waals surface area contributed by atoms with Gasteiger partial charge in [-0.3, -0.25) is 4.90 Å². The lowest BCUT2D eigenvalue weighted by molar-refractivity contribution is 0.0817. The molecule has 0 bridgehead atoms. The molecular formula is C21H34N2. The Morgan fingerprint density at radius 3 is 1.91 bits per heavy atom. The number of benzene rings is 1. The molecule has 2 nitrogen and oxygen atoms in total. The third-order valence-corrected chi connectivity index (χ3v) is 6.13. The summed E-state index contributed by atoms with van der Waals surface area (Å²) in [5.41, 5.74) is 2.83. The zero-order chi connectivity index (χ0) is 16.2. The van der Waals surface area contributed by atoms with Crippen LogP contribution in [0.15, 0.2) is 24.3 Å². The molecule has 0 N–H and O–H groups in total. The molecule has 128 valence electrons. The number of hydrogen-bond acceptors (Lipinski definition) is 2. The van der Waals surface area contributed by atoms with Gasteiger partial charge in [-0.2, -0.15) is 0 Å². The summed E-state index contributed by atoms with van der Waals surface area (Å²) in [5.74, 6) is 1.98. The molecule has 3 rings (SSSR count). The Morgan fingerprint density at radius 2 is 1.39 bits per heavy atom. The van der Waals surface area contributed by atoms with Crippen molar-refractivity contribution in [3.8, 4) is 0 Å².